The molecule has 558 valence electrons. The molecule has 0 amide bonds. The Balaban J connectivity index is 0.513. The zero-order valence-electron chi connectivity index (χ0n) is 64.1. The van der Waals surface area contributed by atoms with Crippen molar-refractivity contribution in [1.82, 2.24) is 0 Å². The van der Waals surface area contributed by atoms with Gasteiger partial charge in [-0.15, -0.1) is 0 Å². The lowest BCUT2D eigenvalue weighted by molar-refractivity contribution is 0.301. The van der Waals surface area contributed by atoms with Gasteiger partial charge in [0.1, 0.15) is 95.4 Å². The summed E-state index contributed by atoms with van der Waals surface area (Å²) < 4.78 is 81.7. The second-order valence-electron chi connectivity index (χ2n) is 29.2. The highest BCUT2D eigenvalue weighted by Crippen LogP contribution is 2.58. The molecule has 14 heteroatoms. The SMILES string of the molecule is Cc1cc(Oc2c(C)cc(-c3cc(C)c(Oc4cc(C)c(OCc5ccc(-c6ccc(COc7ccc(O)cc7P7(=O)Oc8ccccc8-c8ccccc87)cc6)cc5)c(C)c4)c(C)c3C)c(C)c2C)cc(C)c1OCc1ccc(-c2ccc(COc3ccc(O)c(P4(=O)Oc5ccccc5-c5ccccc54)c3)cc2)cc1. The molecular formula is C98H84O12P2. The van der Waals surface area contributed by atoms with Crippen LogP contribution in [0.1, 0.15) is 77.9 Å². The van der Waals surface area contributed by atoms with Gasteiger partial charge >= 0.3 is 14.7 Å². The van der Waals surface area contributed by atoms with Crippen LogP contribution < -0.4 is 58.7 Å². The van der Waals surface area contributed by atoms with E-state index in [0.717, 1.165) is 168 Å². The van der Waals surface area contributed by atoms with Crippen LogP contribution in [-0.4, -0.2) is 10.2 Å². The van der Waals surface area contributed by atoms with E-state index >= 15 is 4.57 Å². The van der Waals surface area contributed by atoms with Crippen molar-refractivity contribution in [2.75, 3.05) is 0 Å². The van der Waals surface area contributed by atoms with E-state index in [9.17, 15) is 14.8 Å². The lowest BCUT2D eigenvalue weighted by atomic mass is 9.88. The molecule has 2 aliphatic heterocycles. The molecule has 0 saturated heterocycles. The van der Waals surface area contributed by atoms with Gasteiger partial charge in [-0.1, -0.05) is 170 Å². The first kappa shape index (κ1) is 73.7. The maximum atomic E-state index is 15.0. The van der Waals surface area contributed by atoms with Crippen LogP contribution in [0.4, 0.5) is 0 Å². The summed E-state index contributed by atoms with van der Waals surface area (Å²) in [5.41, 5.74) is 24.3. The molecule has 14 aromatic rings. The fraction of sp³-hybridized carbons (Fsp3) is 0.143. The molecule has 0 spiro atoms. The summed E-state index contributed by atoms with van der Waals surface area (Å²) in [7, 11) is -7.45. The number of benzene rings is 14. The Kier molecular flexibility index (Phi) is 20.0. The molecule has 2 heterocycles. The minimum atomic E-state index is -3.72. The molecule has 2 N–H and O–H groups in total. The lowest BCUT2D eigenvalue weighted by Gasteiger charge is -2.29. The quantitative estimate of drug-likeness (QED) is 0.0660. The summed E-state index contributed by atoms with van der Waals surface area (Å²) in [4.78, 5) is 0. The number of fused-ring (bicyclic) bond motifs is 6. The number of aromatic hydroxyl groups is 2. The van der Waals surface area contributed by atoms with Gasteiger partial charge in [-0.3, -0.25) is 9.13 Å². The van der Waals surface area contributed by atoms with E-state index in [2.05, 4.69) is 178 Å². The fourth-order valence-electron chi connectivity index (χ4n) is 15.3. The third-order valence-corrected chi connectivity index (χ3v) is 26.4. The van der Waals surface area contributed by atoms with E-state index in [0.29, 0.717) is 52.1 Å². The summed E-state index contributed by atoms with van der Waals surface area (Å²) in [5, 5.41) is 23.3. The number of ether oxygens (including phenoxy) is 6. The first-order valence-corrected chi connectivity index (χ1v) is 40.7. The van der Waals surface area contributed by atoms with Gasteiger partial charge in [-0.25, -0.2) is 0 Å². The van der Waals surface area contributed by atoms with E-state index in [1.54, 1.807) is 30.3 Å². The van der Waals surface area contributed by atoms with Crippen LogP contribution in [0.3, 0.4) is 0 Å². The van der Waals surface area contributed by atoms with Crippen molar-refractivity contribution in [3.05, 3.63) is 345 Å². The van der Waals surface area contributed by atoms with Crippen molar-refractivity contribution >= 4 is 36.0 Å². The van der Waals surface area contributed by atoms with Gasteiger partial charge in [0.15, 0.2) is 0 Å². The highest BCUT2D eigenvalue weighted by molar-refractivity contribution is 7.75. The second kappa shape index (κ2) is 30.4. The van der Waals surface area contributed by atoms with Gasteiger partial charge in [-0.05, 0) is 289 Å². The lowest BCUT2D eigenvalue weighted by Crippen LogP contribution is -2.26. The topological polar surface area (TPSA) is 148 Å². The molecule has 0 fully saturated rings. The first-order chi connectivity index (χ1) is 54.1. The van der Waals surface area contributed by atoms with Gasteiger partial charge in [0.2, 0.25) is 0 Å². The Labute approximate surface area is 654 Å². The van der Waals surface area contributed by atoms with Crippen molar-refractivity contribution in [3.8, 4) is 125 Å². The van der Waals surface area contributed by atoms with Crippen molar-refractivity contribution < 1.29 is 56.8 Å². The van der Waals surface area contributed by atoms with Crippen LogP contribution in [0, 0.1) is 69.2 Å². The van der Waals surface area contributed by atoms with Crippen LogP contribution in [0.25, 0.3) is 55.6 Å². The molecule has 2 unspecified atom stereocenters. The molecule has 0 radical (unpaired) electrons. The molecule has 2 aliphatic rings. The standard InChI is InChI=1S/C98H84O12P2/c1-59-47-79(48-60(2)95(59)105-57-71-31-39-75(40-32-71)73-35-27-69(28-36-73)55-103-78-44-45-87(100)93(54-78)111(101)91-25-17-13-21-83(91)81-19-11-15-23-88(81)109-111)107-97-63(5)51-85(65(7)67(97)9)86-52-64(6)98(68(10)66(86)8)108-80-49-61(3)96(62(4)50-80)106-58-72-33-41-76(42-34-72)74-37-29-70(30-38-74)56-104-90-46-43-77(99)53-94(90)112(102)92-26-18-14-22-84(92)82-20-12-16-24-89(82)110-112/h11-54,99-100H,55-58H2,1-10H3. The van der Waals surface area contributed by atoms with Crippen LogP contribution in [-0.2, 0) is 35.6 Å². The average Bonchev–Trinajstić information content (AvgIpc) is 0.735. The molecule has 2 atom stereocenters. The minimum Gasteiger partial charge on any atom is -0.508 e. The average molecular weight is 1520 g/mol. The van der Waals surface area contributed by atoms with Crippen LogP contribution in [0.15, 0.2) is 267 Å². The van der Waals surface area contributed by atoms with Crippen molar-refractivity contribution in [2.24, 2.45) is 0 Å². The highest BCUT2D eigenvalue weighted by Gasteiger charge is 2.42. The molecule has 0 bridgehead atoms. The fourth-order valence-corrected chi connectivity index (χ4v) is 20.1. The summed E-state index contributed by atoms with van der Waals surface area (Å²) in [6.45, 7) is 22.4. The number of phenols is 2. The maximum Gasteiger partial charge on any atom is 0.311 e. The monoisotopic (exact) mass is 1510 g/mol. The predicted octanol–water partition coefficient (Wildman–Crippen LogP) is 23.7. The van der Waals surface area contributed by atoms with Crippen LogP contribution in [0.5, 0.6) is 69.0 Å². The molecule has 12 nitrogen and oxygen atoms in total. The largest absolute Gasteiger partial charge is 0.508 e. The Morgan fingerprint density at radius 1 is 0.286 bits per heavy atom. The molecule has 0 aliphatic carbocycles. The van der Waals surface area contributed by atoms with E-state index < -0.39 is 14.7 Å². The molecule has 0 aromatic heterocycles. The van der Waals surface area contributed by atoms with Crippen LogP contribution >= 0.6 is 14.7 Å². The second-order valence-corrected chi connectivity index (χ2v) is 33.7. The van der Waals surface area contributed by atoms with Crippen molar-refractivity contribution in [3.63, 3.8) is 0 Å². The third-order valence-electron chi connectivity index (χ3n) is 21.5. The number of hydrogen-bond acceptors (Lipinski definition) is 12. The normalized spacial score (nSPS) is 14.5. The summed E-state index contributed by atoms with van der Waals surface area (Å²) in [5.74, 6) is 6.54. The Bertz CT molecular complexity index is 6060. The molecule has 16 rings (SSSR count). The van der Waals surface area contributed by atoms with Crippen molar-refractivity contribution in [2.45, 2.75) is 95.7 Å². The maximum absolute atomic E-state index is 15.0. The Hall–Kier alpha value is -12.5. The number of aryl methyl sites for hydroxylation is 6. The van der Waals surface area contributed by atoms with E-state index in [1.807, 2.05) is 109 Å². The Morgan fingerprint density at radius 2 is 0.643 bits per heavy atom. The molecule has 14 aromatic carbocycles. The van der Waals surface area contributed by atoms with E-state index in [1.165, 1.54) is 18.2 Å². The predicted molar refractivity (Wildman–Crippen MR) is 448 cm³/mol. The number of hydrogen-bond donors (Lipinski definition) is 2. The van der Waals surface area contributed by atoms with Gasteiger partial charge in [0.05, 0.1) is 21.2 Å². The number of para-hydroxylation sites is 2. The van der Waals surface area contributed by atoms with E-state index in [4.69, 9.17) is 37.5 Å². The minimum absolute atomic E-state index is 0.0293. The van der Waals surface area contributed by atoms with E-state index in [-0.39, 0.29) is 30.0 Å². The molecule has 0 saturated carbocycles. The number of rotatable bonds is 21. The summed E-state index contributed by atoms with van der Waals surface area (Å²) >= 11 is 0. The van der Waals surface area contributed by atoms with Crippen molar-refractivity contribution in [1.29, 1.82) is 0 Å². The van der Waals surface area contributed by atoms with Gasteiger partial charge < -0.3 is 47.7 Å². The van der Waals surface area contributed by atoms with Gasteiger partial charge in [0.25, 0.3) is 0 Å². The zero-order valence-corrected chi connectivity index (χ0v) is 65.9. The van der Waals surface area contributed by atoms with Gasteiger partial charge in [0, 0.05) is 11.1 Å². The van der Waals surface area contributed by atoms with Crippen LogP contribution in [0.2, 0.25) is 0 Å². The molecule has 112 heavy (non-hydrogen) atoms. The zero-order chi connectivity index (χ0) is 77.7. The smallest absolute Gasteiger partial charge is 0.311 e. The highest BCUT2D eigenvalue weighted by atomic mass is 31.2. The Morgan fingerprint density at radius 3 is 1.06 bits per heavy atom. The third kappa shape index (κ3) is 14.4. The van der Waals surface area contributed by atoms with Gasteiger partial charge in [-0.2, -0.15) is 0 Å². The summed E-state index contributed by atoms with van der Waals surface area (Å²) in [6.07, 6.45) is 0. The first-order valence-electron chi connectivity index (χ1n) is 37.5. The summed E-state index contributed by atoms with van der Waals surface area (Å²) in [6, 6.07) is 85.5. The molecular weight excluding hydrogens is 1430 g/mol. The number of phenolic OH excluding ortho intramolecular Hbond substituents is 2.